The van der Waals surface area contributed by atoms with Crippen LogP contribution in [-0.2, 0) is 27.8 Å². The fourth-order valence-corrected chi connectivity index (χ4v) is 4.08. The minimum absolute atomic E-state index is 0.0235. The molecule has 164 valence electrons. The number of fused-ring (bicyclic) bond motifs is 1. The maximum absolute atomic E-state index is 12.7. The normalized spacial score (nSPS) is 15.1. The maximum atomic E-state index is 12.7. The molecule has 9 nitrogen and oxygen atoms in total. The number of hydrogen-bond donors (Lipinski definition) is 3. The van der Waals surface area contributed by atoms with Crippen molar-refractivity contribution in [3.05, 3.63) is 58.9 Å². The van der Waals surface area contributed by atoms with Gasteiger partial charge in [-0.2, -0.15) is 0 Å². The first kappa shape index (κ1) is 22.6. The van der Waals surface area contributed by atoms with Gasteiger partial charge in [-0.15, -0.1) is 0 Å². The van der Waals surface area contributed by atoms with Crippen molar-refractivity contribution >= 4 is 21.8 Å². The Bertz CT molecular complexity index is 1170. The topological polar surface area (TPSA) is 129 Å². The SMILES string of the molecule is CC(CCN1Cc2cc(C#Cc3ccc(CO)cc3)cn2C1=O)(C(=O)NO)S(C)(=O)=O. The van der Waals surface area contributed by atoms with Crippen LogP contribution >= 0.6 is 0 Å². The molecular weight excluding hydrogens is 422 g/mol. The number of amides is 2. The first-order valence-electron chi connectivity index (χ1n) is 9.45. The number of nitrogens with zero attached hydrogens (tertiary/aromatic N) is 2. The van der Waals surface area contributed by atoms with Gasteiger partial charge in [0, 0.05) is 35.8 Å². The highest BCUT2D eigenvalue weighted by molar-refractivity contribution is 7.92. The molecule has 0 aliphatic carbocycles. The smallest absolute Gasteiger partial charge is 0.328 e. The van der Waals surface area contributed by atoms with E-state index in [0.717, 1.165) is 17.4 Å². The molecule has 0 saturated heterocycles. The van der Waals surface area contributed by atoms with E-state index >= 15 is 0 Å². The molecule has 0 saturated carbocycles. The van der Waals surface area contributed by atoms with Crippen LogP contribution in [0.25, 0.3) is 0 Å². The number of aliphatic hydroxyl groups is 1. The van der Waals surface area contributed by atoms with E-state index in [0.29, 0.717) is 11.3 Å². The van der Waals surface area contributed by atoms with Crippen LogP contribution in [0.5, 0.6) is 0 Å². The summed E-state index contributed by atoms with van der Waals surface area (Å²) in [4.78, 5) is 26.0. The van der Waals surface area contributed by atoms with Gasteiger partial charge >= 0.3 is 6.03 Å². The van der Waals surface area contributed by atoms with Crippen molar-refractivity contribution < 1.29 is 28.3 Å². The highest BCUT2D eigenvalue weighted by Crippen LogP contribution is 2.25. The number of aliphatic hydroxyl groups excluding tert-OH is 1. The van der Waals surface area contributed by atoms with Crippen LogP contribution in [0.4, 0.5) is 4.79 Å². The fraction of sp³-hybridized carbons (Fsp3) is 0.333. The molecule has 1 aromatic carbocycles. The highest BCUT2D eigenvalue weighted by atomic mass is 32.2. The molecule has 2 aromatic rings. The summed E-state index contributed by atoms with van der Waals surface area (Å²) in [6.07, 6.45) is 2.37. The van der Waals surface area contributed by atoms with Gasteiger partial charge in [0.15, 0.2) is 14.6 Å². The average molecular weight is 445 g/mol. The second kappa shape index (κ2) is 8.55. The van der Waals surface area contributed by atoms with Gasteiger partial charge in [-0.3, -0.25) is 14.6 Å². The lowest BCUT2D eigenvalue weighted by molar-refractivity contribution is -0.131. The Morgan fingerprint density at radius 2 is 1.87 bits per heavy atom. The van der Waals surface area contributed by atoms with Crippen LogP contribution in [0.3, 0.4) is 0 Å². The van der Waals surface area contributed by atoms with Crippen LogP contribution in [0.15, 0.2) is 36.5 Å². The van der Waals surface area contributed by atoms with Crippen molar-refractivity contribution in [3.8, 4) is 11.8 Å². The largest absolute Gasteiger partial charge is 0.392 e. The summed E-state index contributed by atoms with van der Waals surface area (Å²) in [6, 6.07) is 8.62. The lowest BCUT2D eigenvalue weighted by Crippen LogP contribution is -2.50. The predicted molar refractivity (Wildman–Crippen MR) is 112 cm³/mol. The standard InChI is InChI=1S/C21H23N3O6S/c1-21(19(26)22-28,31(2,29)30)9-10-23-13-18-11-17(12-24(18)20(23)27)8-5-15-3-6-16(14-25)7-4-15/h3-4,6-7,11-12,25,28H,9-10,13-14H2,1-2H3,(H,22,26). The van der Waals surface area contributed by atoms with Gasteiger partial charge in [0.25, 0.3) is 5.91 Å². The van der Waals surface area contributed by atoms with E-state index in [1.807, 2.05) is 0 Å². The third-order valence-electron chi connectivity index (χ3n) is 5.48. The van der Waals surface area contributed by atoms with E-state index in [1.165, 1.54) is 21.9 Å². The molecule has 0 bridgehead atoms. The molecule has 2 amide bonds. The van der Waals surface area contributed by atoms with Crippen molar-refractivity contribution in [3.63, 3.8) is 0 Å². The number of hydrogen-bond acceptors (Lipinski definition) is 6. The molecule has 0 fully saturated rings. The molecule has 1 aromatic heterocycles. The Balaban J connectivity index is 1.70. The second-order valence-corrected chi connectivity index (χ2v) is 10.0. The van der Waals surface area contributed by atoms with Gasteiger partial charge in [-0.1, -0.05) is 24.0 Å². The van der Waals surface area contributed by atoms with Gasteiger partial charge < -0.3 is 10.0 Å². The summed E-state index contributed by atoms with van der Waals surface area (Å²) in [5.41, 5.74) is 4.34. The number of sulfone groups is 1. The van der Waals surface area contributed by atoms with E-state index in [4.69, 9.17) is 10.3 Å². The Morgan fingerprint density at radius 3 is 2.42 bits per heavy atom. The van der Waals surface area contributed by atoms with E-state index in [-0.39, 0.29) is 32.1 Å². The number of nitrogens with one attached hydrogen (secondary N) is 1. The Morgan fingerprint density at radius 1 is 1.23 bits per heavy atom. The maximum Gasteiger partial charge on any atom is 0.328 e. The summed E-state index contributed by atoms with van der Waals surface area (Å²) in [7, 11) is -3.83. The van der Waals surface area contributed by atoms with Gasteiger partial charge in [0.05, 0.1) is 13.2 Å². The monoisotopic (exact) mass is 445 g/mol. The fourth-order valence-electron chi connectivity index (χ4n) is 3.24. The minimum atomic E-state index is -3.83. The van der Waals surface area contributed by atoms with Crippen LogP contribution in [0.2, 0.25) is 0 Å². The number of carbonyl (C=O) groups is 2. The molecular formula is C21H23N3O6S. The van der Waals surface area contributed by atoms with Crippen LogP contribution in [0, 0.1) is 11.8 Å². The first-order chi connectivity index (χ1) is 14.6. The third-order valence-corrected chi connectivity index (χ3v) is 7.50. The van der Waals surface area contributed by atoms with Crippen molar-refractivity contribution in [2.45, 2.75) is 31.2 Å². The van der Waals surface area contributed by atoms with Crippen molar-refractivity contribution in [2.75, 3.05) is 12.8 Å². The molecule has 1 unspecified atom stereocenters. The van der Waals surface area contributed by atoms with Crippen LogP contribution in [0.1, 0.15) is 35.7 Å². The lowest BCUT2D eigenvalue weighted by Gasteiger charge is -2.27. The number of hydroxylamine groups is 1. The van der Waals surface area contributed by atoms with Crippen LogP contribution in [-0.4, -0.2) is 57.7 Å². The highest BCUT2D eigenvalue weighted by Gasteiger charge is 2.44. The summed E-state index contributed by atoms with van der Waals surface area (Å²) >= 11 is 0. The van der Waals surface area contributed by atoms with Gasteiger partial charge in [-0.05, 0) is 37.1 Å². The van der Waals surface area contributed by atoms with Gasteiger partial charge in [0.1, 0.15) is 0 Å². The van der Waals surface area contributed by atoms with E-state index in [2.05, 4.69) is 11.8 Å². The molecule has 31 heavy (non-hydrogen) atoms. The van der Waals surface area contributed by atoms with Crippen molar-refractivity contribution in [1.82, 2.24) is 14.9 Å². The predicted octanol–water partition coefficient (Wildman–Crippen LogP) is 0.863. The number of rotatable bonds is 6. The average Bonchev–Trinajstić information content (AvgIpc) is 3.27. The molecule has 3 N–H and O–H groups in total. The Labute approximate surface area is 180 Å². The van der Waals surface area contributed by atoms with E-state index in [9.17, 15) is 18.0 Å². The molecule has 1 aliphatic heterocycles. The number of aromatic nitrogens is 1. The lowest BCUT2D eigenvalue weighted by atomic mass is 10.1. The summed E-state index contributed by atoms with van der Waals surface area (Å²) < 4.78 is 23.7. The molecule has 10 heteroatoms. The number of benzene rings is 1. The van der Waals surface area contributed by atoms with E-state index in [1.54, 1.807) is 36.5 Å². The summed E-state index contributed by atoms with van der Waals surface area (Å²) in [6.45, 7) is 1.46. The van der Waals surface area contributed by atoms with Gasteiger partial charge in [-0.25, -0.2) is 18.7 Å². The Kier molecular flexibility index (Phi) is 6.22. The van der Waals surface area contributed by atoms with Crippen molar-refractivity contribution in [2.24, 2.45) is 0 Å². The van der Waals surface area contributed by atoms with Gasteiger partial charge in [0.2, 0.25) is 0 Å². The second-order valence-electron chi connectivity index (χ2n) is 7.59. The summed E-state index contributed by atoms with van der Waals surface area (Å²) in [5, 5.41) is 18.0. The zero-order chi connectivity index (χ0) is 22.8. The minimum Gasteiger partial charge on any atom is -0.392 e. The molecule has 0 radical (unpaired) electrons. The number of carbonyl (C=O) groups excluding carboxylic acids is 2. The zero-order valence-corrected chi connectivity index (χ0v) is 17.9. The summed E-state index contributed by atoms with van der Waals surface area (Å²) in [5.74, 6) is 4.96. The molecule has 3 rings (SSSR count). The first-order valence-corrected chi connectivity index (χ1v) is 11.3. The molecule has 0 spiro atoms. The third kappa shape index (κ3) is 4.49. The molecule has 1 aliphatic rings. The van der Waals surface area contributed by atoms with Crippen LogP contribution < -0.4 is 5.48 Å². The van der Waals surface area contributed by atoms with E-state index < -0.39 is 20.5 Å². The Hall–Kier alpha value is -3.13. The van der Waals surface area contributed by atoms with Crippen molar-refractivity contribution in [1.29, 1.82) is 0 Å². The zero-order valence-electron chi connectivity index (χ0n) is 17.1. The quantitative estimate of drug-likeness (QED) is 0.344. The molecule has 2 heterocycles. The molecule has 1 atom stereocenters.